The number of carbonyl (C=O) groups excluding carboxylic acids is 1. The molecule has 4 heteroatoms. The maximum atomic E-state index is 13.3. The lowest BCUT2D eigenvalue weighted by molar-refractivity contribution is -0.300. The predicted molar refractivity (Wildman–Crippen MR) is 153 cm³/mol. The number of allylic oxidation sites excluding steroid dienone is 4. The molecule has 2 heterocycles. The van der Waals surface area contributed by atoms with E-state index < -0.39 is 0 Å². The first-order valence-electron chi connectivity index (χ1n) is 13.2. The summed E-state index contributed by atoms with van der Waals surface area (Å²) in [6.45, 7) is 8.63. The van der Waals surface area contributed by atoms with Gasteiger partial charge in [0.15, 0.2) is 5.78 Å². The molecule has 4 nitrogen and oxygen atoms in total. The summed E-state index contributed by atoms with van der Waals surface area (Å²) in [5, 5.41) is 25.1. The molecular formula is C34H29N2O2-. The molecule has 0 aromatic heterocycles. The predicted octanol–water partition coefficient (Wildman–Crippen LogP) is 6.48. The van der Waals surface area contributed by atoms with Gasteiger partial charge in [-0.3, -0.25) is 4.79 Å². The molecule has 4 aromatic rings. The summed E-state index contributed by atoms with van der Waals surface area (Å²) in [5.41, 5.74) is 5.26. The van der Waals surface area contributed by atoms with Crippen LogP contribution in [0.3, 0.4) is 0 Å². The van der Waals surface area contributed by atoms with Crippen molar-refractivity contribution in [1.29, 1.82) is 0 Å². The smallest absolute Gasteiger partial charge is 0.191 e. The van der Waals surface area contributed by atoms with Crippen molar-refractivity contribution in [1.82, 2.24) is 0 Å². The van der Waals surface area contributed by atoms with Gasteiger partial charge in [0.25, 0.3) is 0 Å². The maximum absolute atomic E-state index is 13.3. The lowest BCUT2D eigenvalue weighted by atomic mass is 9.75. The molecule has 1 unspecified atom stereocenters. The van der Waals surface area contributed by atoms with Crippen LogP contribution in [0, 0.1) is 0 Å². The Kier molecular flexibility index (Phi) is 4.58. The summed E-state index contributed by atoms with van der Waals surface area (Å²) in [5.74, 6) is -0.362. The van der Waals surface area contributed by atoms with Crippen LogP contribution in [0.4, 0.5) is 11.4 Å². The van der Waals surface area contributed by atoms with Gasteiger partial charge in [0.1, 0.15) is 0 Å². The molecule has 7 rings (SSSR count). The SMILES string of the molecule is CC1(C)C(=CC2=C([O-])C(=CC3Nc4ccc5ccccc5c4C3(C)C)C2=O)Nc2ccc3ccccc3c21. The molecule has 0 saturated carbocycles. The standard InChI is InChI=1S/C34H30N2O2/c1-33(2)27(35-25-15-13-19-9-5-7-11-21(19)29(25)33)17-23-31(37)24(32(23)38)18-28-34(3,4)30-22-12-8-6-10-20(22)14-16-26(30)36-28/h5-18,27,35-37H,1-4H3/p-1. The zero-order chi connectivity index (χ0) is 26.4. The minimum Gasteiger partial charge on any atom is -0.871 e. The van der Waals surface area contributed by atoms with Gasteiger partial charge in [-0.2, -0.15) is 0 Å². The summed E-state index contributed by atoms with van der Waals surface area (Å²) in [4.78, 5) is 13.3. The van der Waals surface area contributed by atoms with E-state index in [2.05, 4.69) is 92.9 Å². The summed E-state index contributed by atoms with van der Waals surface area (Å²) < 4.78 is 0. The van der Waals surface area contributed by atoms with Gasteiger partial charge in [-0.1, -0.05) is 100 Å². The number of Topliss-reactive ketones (excluding diaryl/α,β-unsaturated/α-hetero) is 1. The van der Waals surface area contributed by atoms with Gasteiger partial charge in [-0.25, -0.2) is 0 Å². The van der Waals surface area contributed by atoms with Gasteiger partial charge in [0.05, 0.1) is 6.04 Å². The van der Waals surface area contributed by atoms with E-state index >= 15 is 0 Å². The third-order valence-electron chi connectivity index (χ3n) is 8.76. The van der Waals surface area contributed by atoms with Crippen molar-refractivity contribution >= 4 is 38.7 Å². The molecule has 2 aliphatic heterocycles. The Hall–Kier alpha value is -4.31. The monoisotopic (exact) mass is 497 g/mol. The van der Waals surface area contributed by atoms with Crippen molar-refractivity contribution in [3.63, 3.8) is 0 Å². The highest BCUT2D eigenvalue weighted by molar-refractivity contribution is 6.21. The van der Waals surface area contributed by atoms with Crippen LogP contribution in [0.1, 0.15) is 38.8 Å². The average molecular weight is 498 g/mol. The highest BCUT2D eigenvalue weighted by atomic mass is 16.3. The Balaban J connectivity index is 1.24. The van der Waals surface area contributed by atoms with Gasteiger partial charge in [0.2, 0.25) is 0 Å². The Labute approximate surface area is 222 Å². The number of fused-ring (bicyclic) bond motifs is 6. The Morgan fingerprint density at radius 2 is 1.39 bits per heavy atom. The normalized spacial score (nSPS) is 22.9. The zero-order valence-corrected chi connectivity index (χ0v) is 22.0. The highest BCUT2D eigenvalue weighted by Crippen LogP contribution is 2.49. The quantitative estimate of drug-likeness (QED) is 0.311. The number of hydrogen-bond donors (Lipinski definition) is 2. The summed E-state index contributed by atoms with van der Waals surface area (Å²) >= 11 is 0. The van der Waals surface area contributed by atoms with Crippen molar-refractivity contribution in [3.8, 4) is 0 Å². The van der Waals surface area contributed by atoms with Crippen LogP contribution in [0.15, 0.2) is 108 Å². The molecule has 0 amide bonds. The van der Waals surface area contributed by atoms with Crippen molar-refractivity contribution in [3.05, 3.63) is 119 Å². The van der Waals surface area contributed by atoms with E-state index in [0.29, 0.717) is 0 Å². The molecule has 1 atom stereocenters. The molecule has 0 fully saturated rings. The van der Waals surface area contributed by atoms with E-state index in [1.807, 2.05) is 24.3 Å². The number of rotatable bonds is 2. The van der Waals surface area contributed by atoms with Crippen LogP contribution in [-0.2, 0) is 15.6 Å². The molecule has 0 radical (unpaired) electrons. The van der Waals surface area contributed by atoms with Crippen LogP contribution in [0.25, 0.3) is 21.5 Å². The molecule has 38 heavy (non-hydrogen) atoms. The second-order valence-corrected chi connectivity index (χ2v) is 11.7. The third kappa shape index (κ3) is 3.00. The lowest BCUT2D eigenvalue weighted by Crippen LogP contribution is -2.36. The van der Waals surface area contributed by atoms with E-state index in [1.54, 1.807) is 6.08 Å². The number of carbonyl (C=O) groups is 1. The third-order valence-corrected chi connectivity index (χ3v) is 8.76. The largest absolute Gasteiger partial charge is 0.871 e. The summed E-state index contributed by atoms with van der Waals surface area (Å²) in [6.07, 6.45) is 3.61. The number of benzene rings is 4. The Morgan fingerprint density at radius 3 is 2.05 bits per heavy atom. The second kappa shape index (κ2) is 7.61. The van der Waals surface area contributed by atoms with E-state index in [9.17, 15) is 9.90 Å². The second-order valence-electron chi connectivity index (χ2n) is 11.7. The average Bonchev–Trinajstić information content (AvgIpc) is 3.33. The number of hydrogen-bond acceptors (Lipinski definition) is 4. The first-order valence-corrected chi connectivity index (χ1v) is 13.2. The molecule has 0 saturated heterocycles. The molecule has 0 spiro atoms. The topological polar surface area (TPSA) is 64.2 Å². The van der Waals surface area contributed by atoms with Crippen LogP contribution in [-0.4, -0.2) is 11.8 Å². The first kappa shape index (κ1) is 22.9. The Bertz CT molecular complexity index is 1800. The fourth-order valence-electron chi connectivity index (χ4n) is 6.57. The number of ketones is 1. The van der Waals surface area contributed by atoms with E-state index in [1.165, 1.54) is 32.7 Å². The van der Waals surface area contributed by atoms with Crippen molar-refractivity contribution < 1.29 is 9.90 Å². The van der Waals surface area contributed by atoms with Crippen LogP contribution < -0.4 is 15.7 Å². The molecule has 188 valence electrons. The first-order chi connectivity index (χ1) is 18.2. The molecule has 3 aliphatic rings. The minimum absolute atomic E-state index is 0.155. The molecule has 2 N–H and O–H groups in total. The fraction of sp³-hybridized carbons (Fsp3) is 0.206. The minimum atomic E-state index is -0.360. The van der Waals surface area contributed by atoms with Gasteiger partial charge in [0, 0.05) is 39.0 Å². The molecule has 0 bridgehead atoms. The van der Waals surface area contributed by atoms with Crippen LogP contribution in [0.2, 0.25) is 0 Å². The number of nitrogens with one attached hydrogen (secondary N) is 2. The van der Waals surface area contributed by atoms with Gasteiger partial charge in [-0.15, -0.1) is 0 Å². The van der Waals surface area contributed by atoms with Crippen molar-refractivity contribution in [2.24, 2.45) is 0 Å². The maximum Gasteiger partial charge on any atom is 0.191 e. The van der Waals surface area contributed by atoms with Crippen LogP contribution >= 0.6 is 0 Å². The zero-order valence-electron chi connectivity index (χ0n) is 22.0. The number of anilines is 2. The van der Waals surface area contributed by atoms with Gasteiger partial charge in [-0.05, 0) is 50.9 Å². The van der Waals surface area contributed by atoms with Crippen molar-refractivity contribution in [2.45, 2.75) is 44.6 Å². The fourth-order valence-corrected chi connectivity index (χ4v) is 6.57. The van der Waals surface area contributed by atoms with Crippen molar-refractivity contribution in [2.75, 3.05) is 10.6 Å². The summed E-state index contributed by atoms with van der Waals surface area (Å²) in [7, 11) is 0. The van der Waals surface area contributed by atoms with E-state index in [0.717, 1.165) is 17.1 Å². The Morgan fingerprint density at radius 1 is 0.789 bits per heavy atom. The van der Waals surface area contributed by atoms with Crippen LogP contribution in [0.5, 0.6) is 0 Å². The van der Waals surface area contributed by atoms with E-state index in [-0.39, 0.29) is 39.6 Å². The highest BCUT2D eigenvalue weighted by Gasteiger charge is 2.42. The lowest BCUT2D eigenvalue weighted by Gasteiger charge is -2.33. The molecular weight excluding hydrogens is 468 g/mol. The van der Waals surface area contributed by atoms with E-state index in [4.69, 9.17) is 0 Å². The molecule has 1 aliphatic carbocycles. The van der Waals surface area contributed by atoms with Gasteiger partial charge >= 0.3 is 0 Å². The summed E-state index contributed by atoms with van der Waals surface area (Å²) in [6, 6.07) is 24.9. The molecule has 4 aromatic carbocycles. The van der Waals surface area contributed by atoms with Gasteiger partial charge < -0.3 is 15.7 Å².